The molecule has 16 heteroatoms. The molecule has 60 heavy (non-hydrogen) atoms. The van der Waals surface area contributed by atoms with Crippen molar-refractivity contribution in [1.29, 1.82) is 0 Å². The number of rotatable bonds is 10. The Kier molecular flexibility index (Phi) is 10.7. The van der Waals surface area contributed by atoms with Crippen LogP contribution in [0.15, 0.2) is 77.6 Å². The molecule has 1 unspecified atom stereocenters. The molecule has 2 atom stereocenters. The van der Waals surface area contributed by atoms with E-state index in [2.05, 4.69) is 58.0 Å². The number of aromatic nitrogens is 6. The molecule has 0 aliphatic carbocycles. The molecule has 2 saturated heterocycles. The second-order valence-electron chi connectivity index (χ2n) is 16.6. The van der Waals surface area contributed by atoms with E-state index in [0.717, 1.165) is 44.6 Å². The van der Waals surface area contributed by atoms with Crippen LogP contribution < -0.4 is 15.5 Å². The Hall–Kier alpha value is -6.42. The quantitative estimate of drug-likeness (QED) is 0.127. The largest absolute Gasteiger partial charge is 0.369 e. The second kappa shape index (κ2) is 16.0. The molecule has 0 radical (unpaired) electrons. The molecule has 2 aromatic carbocycles. The number of imide groups is 1. The van der Waals surface area contributed by atoms with Crippen LogP contribution in [0.5, 0.6) is 0 Å². The predicted octanol–water partition coefficient (Wildman–Crippen LogP) is 6.60. The van der Waals surface area contributed by atoms with Crippen molar-refractivity contribution in [2.75, 3.05) is 37.6 Å². The Labute approximate surface area is 345 Å². The zero-order valence-electron chi connectivity index (χ0n) is 34.1. The maximum Gasteiger partial charge on any atom is 0.315 e. The summed E-state index contributed by atoms with van der Waals surface area (Å²) in [6.45, 7) is 11.4. The fraction of sp³-hybridized carbons (Fsp3) is 0.364. The average Bonchev–Trinajstić information content (AvgIpc) is 3.90. The number of carbonyl (C=O) groups is 3. The number of aromatic amines is 1. The van der Waals surface area contributed by atoms with E-state index in [-0.39, 0.29) is 35.4 Å². The standard InChI is InChI=1S/C44H46F2N10O4/c1-25-20-28(8-12-32(25)26(2)49-40(59)41-51-42(54-60-41)43(3,4)5)37-34-21-30(23-48-38(34)53-52-37)27-6-10-31(11-7-27)56-18-16-55(17-19-56)24-44(45,46)35-14-9-29(22-47-35)33-13-15-36(57)50-39(33)58/h6-12,14,20-23,26,33H,13,15-19,24H2,1-5H3,(H,49,59)(H,48,52,53)(H,50,57,58)/t26-,33?/m1/s1. The molecule has 0 saturated carbocycles. The lowest BCUT2D eigenvalue weighted by Gasteiger charge is -2.37. The molecule has 0 bridgehead atoms. The van der Waals surface area contributed by atoms with Gasteiger partial charge in [0.25, 0.3) is 0 Å². The highest BCUT2D eigenvalue weighted by molar-refractivity contribution is 6.01. The minimum Gasteiger partial charge on any atom is -0.369 e. The van der Waals surface area contributed by atoms with Gasteiger partial charge in [-0.25, -0.2) is 4.98 Å². The van der Waals surface area contributed by atoms with E-state index in [1.54, 1.807) is 11.1 Å². The summed E-state index contributed by atoms with van der Waals surface area (Å²) >= 11 is 0. The molecule has 2 aliphatic rings. The van der Waals surface area contributed by atoms with E-state index >= 15 is 8.78 Å². The zero-order chi connectivity index (χ0) is 42.3. The highest BCUT2D eigenvalue weighted by atomic mass is 19.3. The van der Waals surface area contributed by atoms with Crippen molar-refractivity contribution in [2.45, 2.75) is 70.8 Å². The molecular weight excluding hydrogens is 771 g/mol. The Morgan fingerprint density at radius 1 is 0.950 bits per heavy atom. The number of piperidine rings is 1. The number of piperazine rings is 1. The van der Waals surface area contributed by atoms with Gasteiger partial charge >= 0.3 is 17.7 Å². The number of aryl methyl sites for hydroxylation is 1. The lowest BCUT2D eigenvalue weighted by atomic mass is 9.91. The third-order valence-corrected chi connectivity index (χ3v) is 11.2. The minimum atomic E-state index is -3.17. The molecule has 8 rings (SSSR count). The summed E-state index contributed by atoms with van der Waals surface area (Å²) in [5.74, 6) is -4.54. The topological polar surface area (TPSA) is 175 Å². The third-order valence-electron chi connectivity index (χ3n) is 11.2. The van der Waals surface area contributed by atoms with Crippen LogP contribution in [-0.4, -0.2) is 85.7 Å². The molecule has 2 fully saturated rings. The predicted molar refractivity (Wildman–Crippen MR) is 220 cm³/mol. The Balaban J connectivity index is 0.883. The number of pyridine rings is 2. The molecule has 3 amide bonds. The van der Waals surface area contributed by atoms with E-state index in [1.165, 1.54) is 18.3 Å². The fourth-order valence-electron chi connectivity index (χ4n) is 7.78. The first-order chi connectivity index (χ1) is 28.6. The number of H-pyrrole nitrogens is 1. The fourth-order valence-corrected chi connectivity index (χ4v) is 7.78. The third kappa shape index (κ3) is 8.37. The van der Waals surface area contributed by atoms with Gasteiger partial charge in [0.15, 0.2) is 11.5 Å². The molecular formula is C44H46F2N10O4. The first-order valence-corrected chi connectivity index (χ1v) is 20.0. The Morgan fingerprint density at radius 3 is 2.37 bits per heavy atom. The molecule has 6 heterocycles. The summed E-state index contributed by atoms with van der Waals surface area (Å²) < 4.78 is 36.0. The number of anilines is 1. The van der Waals surface area contributed by atoms with Crippen LogP contribution in [0.25, 0.3) is 33.4 Å². The number of hydrogen-bond acceptors (Lipinski definition) is 11. The number of alkyl halides is 2. The number of halogens is 2. The van der Waals surface area contributed by atoms with Crippen molar-refractivity contribution >= 4 is 34.4 Å². The summed E-state index contributed by atoms with van der Waals surface area (Å²) in [5, 5.41) is 17.7. The van der Waals surface area contributed by atoms with Gasteiger partial charge < -0.3 is 14.7 Å². The van der Waals surface area contributed by atoms with Crippen LogP contribution in [0.1, 0.15) is 91.4 Å². The number of amides is 3. The van der Waals surface area contributed by atoms with E-state index < -0.39 is 30.2 Å². The van der Waals surface area contributed by atoms with Gasteiger partial charge in [-0.1, -0.05) is 56.3 Å². The summed E-state index contributed by atoms with van der Waals surface area (Å²) in [6, 6.07) is 18.7. The van der Waals surface area contributed by atoms with Crippen LogP contribution in [0.3, 0.4) is 0 Å². The van der Waals surface area contributed by atoms with Crippen LogP contribution in [0, 0.1) is 6.92 Å². The monoisotopic (exact) mass is 816 g/mol. The molecule has 2 aliphatic heterocycles. The van der Waals surface area contributed by atoms with Gasteiger partial charge in [0.1, 0.15) is 5.69 Å². The number of nitrogens with one attached hydrogen (secondary N) is 3. The van der Waals surface area contributed by atoms with Gasteiger partial charge in [0, 0.05) is 72.6 Å². The van der Waals surface area contributed by atoms with E-state index in [4.69, 9.17) is 4.52 Å². The van der Waals surface area contributed by atoms with Crippen molar-refractivity contribution in [2.24, 2.45) is 0 Å². The number of fused-ring (bicyclic) bond motifs is 1. The van der Waals surface area contributed by atoms with Crippen LogP contribution in [0.4, 0.5) is 14.5 Å². The summed E-state index contributed by atoms with van der Waals surface area (Å²) in [5.41, 5.74) is 6.99. The Bertz CT molecular complexity index is 2560. The van der Waals surface area contributed by atoms with Crippen molar-refractivity contribution in [3.05, 3.63) is 107 Å². The average molecular weight is 817 g/mol. The lowest BCUT2D eigenvalue weighted by molar-refractivity contribution is -0.134. The minimum absolute atomic E-state index is 0.0729. The molecule has 6 aromatic rings. The van der Waals surface area contributed by atoms with Gasteiger partial charge in [-0.05, 0) is 72.9 Å². The number of hydrogen-bond donors (Lipinski definition) is 3. The van der Waals surface area contributed by atoms with Crippen molar-refractivity contribution in [3.8, 4) is 22.4 Å². The number of nitrogens with zero attached hydrogens (tertiary/aromatic N) is 7. The summed E-state index contributed by atoms with van der Waals surface area (Å²) in [7, 11) is 0. The lowest BCUT2D eigenvalue weighted by Crippen LogP contribution is -2.49. The second-order valence-corrected chi connectivity index (χ2v) is 16.6. The molecule has 3 N–H and O–H groups in total. The van der Waals surface area contributed by atoms with Gasteiger partial charge in [-0.3, -0.25) is 34.7 Å². The first-order valence-electron chi connectivity index (χ1n) is 20.0. The highest BCUT2D eigenvalue weighted by Crippen LogP contribution is 2.34. The van der Waals surface area contributed by atoms with Crippen LogP contribution >= 0.6 is 0 Å². The molecule has 4 aromatic heterocycles. The van der Waals surface area contributed by atoms with Crippen molar-refractivity contribution < 1.29 is 27.7 Å². The smallest absolute Gasteiger partial charge is 0.315 e. The van der Waals surface area contributed by atoms with Crippen molar-refractivity contribution in [3.63, 3.8) is 0 Å². The van der Waals surface area contributed by atoms with Gasteiger partial charge in [0.2, 0.25) is 11.8 Å². The maximum absolute atomic E-state index is 15.4. The van der Waals surface area contributed by atoms with Crippen molar-refractivity contribution in [1.82, 2.24) is 45.8 Å². The van der Waals surface area contributed by atoms with E-state index in [9.17, 15) is 14.4 Å². The van der Waals surface area contributed by atoms with Gasteiger partial charge in [-0.2, -0.15) is 18.9 Å². The van der Waals surface area contributed by atoms with E-state index in [0.29, 0.717) is 49.6 Å². The zero-order valence-corrected chi connectivity index (χ0v) is 34.1. The molecule has 0 spiro atoms. The highest BCUT2D eigenvalue weighted by Gasteiger charge is 2.37. The normalized spacial score (nSPS) is 17.2. The summed E-state index contributed by atoms with van der Waals surface area (Å²) in [4.78, 5) is 53.5. The van der Waals surface area contributed by atoms with Gasteiger partial charge in [-0.15, -0.1) is 0 Å². The van der Waals surface area contributed by atoms with E-state index in [1.807, 2.05) is 71.0 Å². The Morgan fingerprint density at radius 2 is 1.70 bits per heavy atom. The number of carbonyl (C=O) groups excluding carboxylic acids is 3. The van der Waals surface area contributed by atoms with Crippen LogP contribution in [0.2, 0.25) is 0 Å². The van der Waals surface area contributed by atoms with Gasteiger partial charge in [0.05, 0.1) is 24.2 Å². The number of benzene rings is 2. The first kappa shape index (κ1) is 40.4. The SMILES string of the molecule is Cc1cc(-c2[nH]nc3ncc(-c4ccc(N5CCN(CC(F)(F)c6ccc(C7CCC(=O)NC7=O)cn6)CC5)cc4)cc23)ccc1[C@@H](C)NC(=O)c1nc(C(C)(C)C)no1. The molecule has 310 valence electrons. The molecule has 14 nitrogen and oxygen atoms in total. The maximum atomic E-state index is 15.4. The van der Waals surface area contributed by atoms with Crippen LogP contribution in [-0.2, 0) is 20.9 Å². The summed E-state index contributed by atoms with van der Waals surface area (Å²) in [6.07, 6.45) is 3.66.